The van der Waals surface area contributed by atoms with Crippen molar-refractivity contribution >= 4 is 28.9 Å². The maximum atomic E-state index is 12.7. The van der Waals surface area contributed by atoms with E-state index in [1.54, 1.807) is 13.2 Å². The van der Waals surface area contributed by atoms with Crippen molar-refractivity contribution in [2.45, 2.75) is 45.2 Å². The van der Waals surface area contributed by atoms with Crippen LogP contribution in [0, 0.1) is 0 Å². The molecular weight excluding hydrogens is 362 g/mol. The molecule has 3 rings (SSSR count). The first-order valence-corrected chi connectivity index (χ1v) is 8.94. The molecule has 0 unspecified atom stereocenters. The lowest BCUT2D eigenvalue weighted by atomic mass is 9.85. The second-order valence-electron chi connectivity index (χ2n) is 8.09. The number of fused-ring (bicyclic) bond motifs is 1. The number of amides is 2. The normalized spacial score (nSPS) is 22.2. The van der Waals surface area contributed by atoms with Crippen LogP contribution in [0.25, 0.3) is 11.0 Å². The Balaban J connectivity index is 2.26. The Bertz CT molecular complexity index is 972. The van der Waals surface area contributed by atoms with Crippen LogP contribution in [0.5, 0.6) is 5.75 Å². The summed E-state index contributed by atoms with van der Waals surface area (Å²) in [6, 6.07) is 7.43. The molecule has 2 heterocycles. The van der Waals surface area contributed by atoms with Gasteiger partial charge in [-0.3, -0.25) is 9.69 Å². The fraction of sp³-hybridized carbons (Fsp3) is 0.450. The Morgan fingerprint density at radius 1 is 1.36 bits per heavy atom. The highest BCUT2D eigenvalue weighted by molar-refractivity contribution is 6.03. The highest BCUT2D eigenvalue weighted by Gasteiger charge is 2.51. The summed E-state index contributed by atoms with van der Waals surface area (Å²) < 4.78 is 11.5. The Kier molecular flexibility index (Phi) is 4.61. The molecule has 2 amide bonds. The zero-order valence-electron chi connectivity index (χ0n) is 16.9. The number of nitrogens with zero attached hydrogens (tertiary/aromatic N) is 3. The van der Waals surface area contributed by atoms with Gasteiger partial charge in [0.15, 0.2) is 11.3 Å². The van der Waals surface area contributed by atoms with Crippen molar-refractivity contribution in [1.29, 1.82) is 0 Å². The van der Waals surface area contributed by atoms with Crippen LogP contribution in [0.2, 0.25) is 0 Å². The summed E-state index contributed by atoms with van der Waals surface area (Å²) in [4.78, 5) is 31.0. The number of methoxy groups -OCH3 is 1. The number of rotatable bonds is 2. The molecule has 1 aromatic heterocycles. The second-order valence-corrected chi connectivity index (χ2v) is 8.09. The molecule has 8 nitrogen and oxygen atoms in total. The van der Waals surface area contributed by atoms with Crippen molar-refractivity contribution in [3.8, 4) is 5.75 Å². The Morgan fingerprint density at radius 2 is 2.04 bits per heavy atom. The van der Waals surface area contributed by atoms with Gasteiger partial charge in [0.05, 0.1) is 13.5 Å². The molecule has 0 aliphatic carbocycles. The summed E-state index contributed by atoms with van der Waals surface area (Å²) in [6.45, 7) is 7.69. The summed E-state index contributed by atoms with van der Waals surface area (Å²) in [5.74, 6) is 0.969. The number of furan rings is 1. The summed E-state index contributed by atoms with van der Waals surface area (Å²) in [5, 5.41) is 10.1. The van der Waals surface area contributed by atoms with Gasteiger partial charge < -0.3 is 19.2 Å². The minimum absolute atomic E-state index is 0.0752. The molecule has 28 heavy (non-hydrogen) atoms. The van der Waals surface area contributed by atoms with E-state index in [1.807, 2.05) is 50.8 Å². The molecule has 150 valence electrons. The van der Waals surface area contributed by atoms with Gasteiger partial charge in [-0.25, -0.2) is 4.79 Å². The van der Waals surface area contributed by atoms with Crippen LogP contribution in [0.15, 0.2) is 33.7 Å². The maximum absolute atomic E-state index is 12.7. The lowest BCUT2D eigenvalue weighted by Gasteiger charge is -2.53. The van der Waals surface area contributed by atoms with E-state index < -0.39 is 17.2 Å². The third-order valence-corrected chi connectivity index (χ3v) is 4.99. The first-order valence-electron chi connectivity index (χ1n) is 8.94. The lowest BCUT2D eigenvalue weighted by Crippen LogP contribution is -2.66. The minimum atomic E-state index is -1.36. The van der Waals surface area contributed by atoms with E-state index in [1.165, 1.54) is 11.9 Å². The van der Waals surface area contributed by atoms with Gasteiger partial charge in [0, 0.05) is 18.0 Å². The van der Waals surface area contributed by atoms with Gasteiger partial charge in [-0.15, -0.1) is 4.99 Å². The number of aliphatic imine (C=N–C) groups is 1. The largest absolute Gasteiger partial charge is 0.493 e. The van der Waals surface area contributed by atoms with Gasteiger partial charge >= 0.3 is 6.09 Å². The number of carbonyl (C=O) groups is 2. The molecule has 0 radical (unpaired) electrons. The molecule has 1 saturated heterocycles. The van der Waals surface area contributed by atoms with E-state index in [2.05, 4.69) is 4.99 Å². The predicted octanol–water partition coefficient (Wildman–Crippen LogP) is 3.65. The average Bonchev–Trinajstić information content (AvgIpc) is 3.02. The van der Waals surface area contributed by atoms with Crippen LogP contribution in [-0.4, -0.2) is 52.6 Å². The van der Waals surface area contributed by atoms with E-state index in [0.717, 1.165) is 5.39 Å². The van der Waals surface area contributed by atoms with Crippen molar-refractivity contribution in [2.24, 2.45) is 4.99 Å². The Morgan fingerprint density at radius 3 is 2.61 bits per heavy atom. The number of ether oxygens (including phenoxy) is 1. The monoisotopic (exact) mass is 387 g/mol. The summed E-state index contributed by atoms with van der Waals surface area (Å²) in [7, 11) is 3.10. The van der Waals surface area contributed by atoms with Crippen LogP contribution < -0.4 is 4.74 Å². The van der Waals surface area contributed by atoms with Crippen LogP contribution in [0.4, 0.5) is 4.79 Å². The first kappa shape index (κ1) is 19.7. The standard InChI is InChI=1S/C20H25N3O5/c1-19(2,3)23-17(21-18(25)26)22(5)15(24)11-20(23,4)14-10-12-8-7-9-13(27-6)16(12)28-14/h7-10H,11H2,1-6H3,(H,25,26)/t20-/m0/s1. The van der Waals surface area contributed by atoms with Crippen LogP contribution in [0.3, 0.4) is 0 Å². The first-order chi connectivity index (χ1) is 13.0. The molecule has 8 heteroatoms. The molecule has 1 atom stereocenters. The van der Waals surface area contributed by atoms with Crippen LogP contribution >= 0.6 is 0 Å². The molecule has 0 saturated carbocycles. The van der Waals surface area contributed by atoms with E-state index in [4.69, 9.17) is 9.15 Å². The Hall–Kier alpha value is -3.03. The van der Waals surface area contributed by atoms with E-state index in [9.17, 15) is 14.7 Å². The summed E-state index contributed by atoms with van der Waals surface area (Å²) >= 11 is 0. The van der Waals surface area contributed by atoms with Gasteiger partial charge in [0.1, 0.15) is 11.3 Å². The van der Waals surface area contributed by atoms with E-state index in [-0.39, 0.29) is 18.3 Å². The molecule has 0 bridgehead atoms. The second kappa shape index (κ2) is 6.54. The molecule has 1 N–H and O–H groups in total. The number of benzene rings is 1. The molecule has 0 spiro atoms. The third kappa shape index (κ3) is 3.08. The number of guanidine groups is 1. The number of para-hydroxylation sites is 1. The van der Waals surface area contributed by atoms with Crippen molar-refractivity contribution in [1.82, 2.24) is 9.80 Å². The third-order valence-electron chi connectivity index (χ3n) is 4.99. The van der Waals surface area contributed by atoms with Crippen LogP contribution in [0.1, 0.15) is 39.9 Å². The minimum Gasteiger partial charge on any atom is -0.493 e. The quantitative estimate of drug-likeness (QED) is 0.845. The van der Waals surface area contributed by atoms with E-state index in [0.29, 0.717) is 17.1 Å². The van der Waals surface area contributed by atoms with Crippen molar-refractivity contribution < 1.29 is 23.8 Å². The Labute approximate surface area is 163 Å². The molecule has 1 aromatic carbocycles. The summed E-state index contributed by atoms with van der Waals surface area (Å²) in [5.41, 5.74) is -0.889. The molecule has 1 aliphatic rings. The zero-order chi connectivity index (χ0) is 20.9. The number of hydrogen-bond acceptors (Lipinski definition) is 4. The molecule has 2 aromatic rings. The smallest absolute Gasteiger partial charge is 0.434 e. The molecule has 1 fully saturated rings. The summed E-state index contributed by atoms with van der Waals surface area (Å²) in [6.07, 6.45) is -1.25. The fourth-order valence-electron chi connectivity index (χ4n) is 3.88. The average molecular weight is 387 g/mol. The van der Waals surface area contributed by atoms with Gasteiger partial charge in [-0.1, -0.05) is 12.1 Å². The lowest BCUT2D eigenvalue weighted by molar-refractivity contribution is -0.134. The highest BCUT2D eigenvalue weighted by Crippen LogP contribution is 2.44. The molecular formula is C20H25N3O5. The SMILES string of the molecule is COc1cccc2cc([C@]3(C)CC(=O)N(C)C(=NC(=O)O)N3C(C)(C)C)oc12. The molecule has 1 aliphatic heterocycles. The van der Waals surface area contributed by atoms with Crippen molar-refractivity contribution in [3.63, 3.8) is 0 Å². The maximum Gasteiger partial charge on any atom is 0.434 e. The highest BCUT2D eigenvalue weighted by atomic mass is 16.5. The van der Waals surface area contributed by atoms with Gasteiger partial charge in [0.25, 0.3) is 0 Å². The van der Waals surface area contributed by atoms with Crippen molar-refractivity contribution in [2.75, 3.05) is 14.2 Å². The number of carboxylic acid groups (broad SMARTS) is 1. The van der Waals surface area contributed by atoms with E-state index >= 15 is 0 Å². The fourth-order valence-corrected chi connectivity index (χ4v) is 3.88. The van der Waals surface area contributed by atoms with Crippen molar-refractivity contribution in [3.05, 3.63) is 30.0 Å². The van der Waals surface area contributed by atoms with Gasteiger partial charge in [0.2, 0.25) is 11.9 Å². The van der Waals surface area contributed by atoms with Gasteiger partial charge in [-0.2, -0.15) is 0 Å². The van der Waals surface area contributed by atoms with Crippen LogP contribution in [-0.2, 0) is 10.3 Å². The number of carbonyl (C=O) groups excluding carboxylic acids is 1. The topological polar surface area (TPSA) is 95.6 Å². The van der Waals surface area contributed by atoms with Gasteiger partial charge in [-0.05, 0) is 39.8 Å². The predicted molar refractivity (Wildman–Crippen MR) is 105 cm³/mol. The number of hydrogen-bond donors (Lipinski definition) is 1. The zero-order valence-corrected chi connectivity index (χ0v) is 16.9.